The summed E-state index contributed by atoms with van der Waals surface area (Å²) < 4.78 is 5.90. The molecule has 3 N–H and O–H groups in total. The summed E-state index contributed by atoms with van der Waals surface area (Å²) in [6.45, 7) is 6.44. The topological polar surface area (TPSA) is 95.9 Å². The highest BCUT2D eigenvalue weighted by molar-refractivity contribution is 5.77. The summed E-state index contributed by atoms with van der Waals surface area (Å²) >= 11 is 0. The van der Waals surface area contributed by atoms with Gasteiger partial charge in [-0.1, -0.05) is 205 Å². The number of ether oxygens (including phenoxy) is 1. The van der Waals surface area contributed by atoms with Crippen LogP contribution in [0, 0.1) is 0 Å². The predicted molar refractivity (Wildman–Crippen MR) is 250 cm³/mol. The maximum Gasteiger partial charge on any atom is 0.306 e. The Hall–Kier alpha value is -1.92. The Bertz CT molecular complexity index is 961. The van der Waals surface area contributed by atoms with Gasteiger partial charge in [-0.25, -0.2) is 0 Å². The molecule has 3 unspecified atom stereocenters. The average Bonchev–Trinajstić information content (AvgIpc) is 3.22. The van der Waals surface area contributed by atoms with E-state index >= 15 is 0 Å². The maximum atomic E-state index is 13.1. The van der Waals surface area contributed by atoms with E-state index in [2.05, 4.69) is 62.5 Å². The molecule has 0 spiro atoms. The summed E-state index contributed by atoms with van der Waals surface area (Å²) in [4.78, 5) is 26.0. The number of amides is 1. The summed E-state index contributed by atoms with van der Waals surface area (Å²) in [5.74, 6) is -0.503. The zero-order valence-electron chi connectivity index (χ0n) is 38.7. The SMILES string of the molecule is CCCCC/C=C\CCCCCC(CC(=O)NC(CO)C(O)CCCCCCCCCCCCC)OC(=O)CCCCCCC/C=C/C=C/CCCCCCCCC. The van der Waals surface area contributed by atoms with Crippen molar-refractivity contribution in [1.29, 1.82) is 0 Å². The Kier molecular flexibility index (Phi) is 44.6. The van der Waals surface area contributed by atoms with Crippen LogP contribution in [0.4, 0.5) is 0 Å². The molecule has 0 aromatic rings. The van der Waals surface area contributed by atoms with Gasteiger partial charge in [0.1, 0.15) is 6.10 Å². The van der Waals surface area contributed by atoms with Crippen LogP contribution in [0.15, 0.2) is 36.5 Å². The summed E-state index contributed by atoms with van der Waals surface area (Å²) in [6, 6.07) is -0.706. The number of rotatable bonds is 45. The Morgan fingerprint density at radius 3 is 1.38 bits per heavy atom. The lowest BCUT2D eigenvalue weighted by atomic mass is 10.0. The molecule has 6 heteroatoms. The van der Waals surface area contributed by atoms with Crippen molar-refractivity contribution in [3.05, 3.63) is 36.5 Å². The van der Waals surface area contributed by atoms with Crippen molar-refractivity contribution in [3.63, 3.8) is 0 Å². The fourth-order valence-corrected chi connectivity index (χ4v) is 7.59. The van der Waals surface area contributed by atoms with Gasteiger partial charge in [0.2, 0.25) is 5.91 Å². The van der Waals surface area contributed by atoms with Crippen LogP contribution in [0.25, 0.3) is 0 Å². The van der Waals surface area contributed by atoms with Gasteiger partial charge in [-0.2, -0.15) is 0 Å². The normalized spacial score (nSPS) is 13.5. The van der Waals surface area contributed by atoms with Crippen molar-refractivity contribution in [2.75, 3.05) is 6.61 Å². The van der Waals surface area contributed by atoms with Crippen LogP contribution in [-0.2, 0) is 14.3 Å². The number of aliphatic hydroxyl groups excluding tert-OH is 2. The lowest BCUT2D eigenvalue weighted by Crippen LogP contribution is -2.46. The van der Waals surface area contributed by atoms with E-state index < -0.39 is 18.2 Å². The van der Waals surface area contributed by atoms with Gasteiger partial charge in [-0.3, -0.25) is 9.59 Å². The van der Waals surface area contributed by atoms with Gasteiger partial charge in [0, 0.05) is 6.42 Å². The standard InChI is InChI=1S/C52H97NO5/c1-4-7-10-13-16-19-22-23-24-25-26-27-28-30-33-36-39-42-45-52(57)58-48(43-40-37-34-31-21-18-15-12-9-6-3)46-51(56)53-49(47-54)50(55)44-41-38-35-32-29-20-17-14-11-8-5-2/h18,21,24-27,48-50,54-55H,4-17,19-20,22-23,28-47H2,1-3H3,(H,53,56)/b21-18-,25-24+,27-26+. The minimum atomic E-state index is -0.791. The van der Waals surface area contributed by atoms with Gasteiger partial charge in [-0.05, 0) is 77.0 Å². The Morgan fingerprint density at radius 1 is 0.500 bits per heavy atom. The average molecular weight is 816 g/mol. The molecule has 0 heterocycles. The molecule has 0 aliphatic rings. The highest BCUT2D eigenvalue weighted by Gasteiger charge is 2.24. The third-order valence-corrected chi connectivity index (χ3v) is 11.5. The lowest BCUT2D eigenvalue weighted by Gasteiger charge is -2.24. The number of hydrogen-bond donors (Lipinski definition) is 3. The summed E-state index contributed by atoms with van der Waals surface area (Å²) in [5, 5.41) is 23.7. The van der Waals surface area contributed by atoms with Crippen molar-refractivity contribution < 1.29 is 24.5 Å². The number of hydrogen-bond acceptors (Lipinski definition) is 5. The van der Waals surface area contributed by atoms with Crippen LogP contribution >= 0.6 is 0 Å². The Morgan fingerprint density at radius 2 is 0.879 bits per heavy atom. The van der Waals surface area contributed by atoms with Crippen LogP contribution < -0.4 is 5.32 Å². The molecule has 3 atom stereocenters. The molecule has 0 aromatic carbocycles. The van der Waals surface area contributed by atoms with Crippen molar-refractivity contribution in [2.45, 2.75) is 277 Å². The number of nitrogens with one attached hydrogen (secondary N) is 1. The highest BCUT2D eigenvalue weighted by Crippen LogP contribution is 2.17. The number of carbonyl (C=O) groups is 2. The number of allylic oxidation sites excluding steroid dienone is 6. The van der Waals surface area contributed by atoms with E-state index in [0.717, 1.165) is 83.5 Å². The van der Waals surface area contributed by atoms with E-state index in [0.29, 0.717) is 19.3 Å². The van der Waals surface area contributed by atoms with E-state index in [9.17, 15) is 19.8 Å². The zero-order valence-corrected chi connectivity index (χ0v) is 38.7. The quantitative estimate of drug-likeness (QED) is 0.0246. The van der Waals surface area contributed by atoms with E-state index in [1.165, 1.54) is 128 Å². The number of esters is 1. The van der Waals surface area contributed by atoms with Crippen LogP contribution in [0.1, 0.15) is 258 Å². The van der Waals surface area contributed by atoms with E-state index in [1.54, 1.807) is 0 Å². The van der Waals surface area contributed by atoms with Crippen LogP contribution in [0.3, 0.4) is 0 Å². The van der Waals surface area contributed by atoms with Gasteiger partial charge >= 0.3 is 5.97 Å². The van der Waals surface area contributed by atoms with Crippen LogP contribution in [0.2, 0.25) is 0 Å². The summed E-state index contributed by atoms with van der Waals surface area (Å²) in [6.07, 6.45) is 53.5. The second-order valence-corrected chi connectivity index (χ2v) is 17.2. The first-order valence-electron chi connectivity index (χ1n) is 25.2. The minimum absolute atomic E-state index is 0.0621. The molecule has 6 nitrogen and oxygen atoms in total. The van der Waals surface area contributed by atoms with Crippen LogP contribution in [-0.4, -0.2) is 46.9 Å². The molecule has 0 aromatic heterocycles. The van der Waals surface area contributed by atoms with Gasteiger partial charge in [0.15, 0.2) is 0 Å². The molecule has 1 amide bonds. The van der Waals surface area contributed by atoms with Crippen molar-refractivity contribution in [2.24, 2.45) is 0 Å². The molecular weight excluding hydrogens is 719 g/mol. The van der Waals surface area contributed by atoms with Crippen LogP contribution in [0.5, 0.6) is 0 Å². The molecule has 340 valence electrons. The molecular formula is C52H97NO5. The van der Waals surface area contributed by atoms with E-state index in [4.69, 9.17) is 4.74 Å². The zero-order chi connectivity index (χ0) is 42.4. The number of aliphatic hydroxyl groups is 2. The Labute approximate surface area is 360 Å². The first-order chi connectivity index (χ1) is 28.5. The molecule has 0 aliphatic heterocycles. The molecule has 58 heavy (non-hydrogen) atoms. The van der Waals surface area contributed by atoms with Gasteiger partial charge in [0.25, 0.3) is 0 Å². The number of unbranched alkanes of at least 4 members (excludes halogenated alkanes) is 28. The Balaban J connectivity index is 4.52. The monoisotopic (exact) mass is 816 g/mol. The predicted octanol–water partition coefficient (Wildman–Crippen LogP) is 14.9. The summed E-state index contributed by atoms with van der Waals surface area (Å²) in [7, 11) is 0. The van der Waals surface area contributed by atoms with Crippen molar-refractivity contribution in [3.8, 4) is 0 Å². The molecule has 0 rings (SSSR count). The molecule has 0 saturated carbocycles. The van der Waals surface area contributed by atoms with E-state index in [1.807, 2.05) is 0 Å². The smallest absolute Gasteiger partial charge is 0.306 e. The van der Waals surface area contributed by atoms with Gasteiger partial charge < -0.3 is 20.3 Å². The first-order valence-corrected chi connectivity index (χ1v) is 25.2. The lowest BCUT2D eigenvalue weighted by molar-refractivity contribution is -0.151. The molecule has 0 bridgehead atoms. The third-order valence-electron chi connectivity index (χ3n) is 11.5. The molecule has 0 fully saturated rings. The largest absolute Gasteiger partial charge is 0.462 e. The number of carbonyl (C=O) groups excluding carboxylic acids is 2. The minimum Gasteiger partial charge on any atom is -0.462 e. The molecule has 0 radical (unpaired) electrons. The molecule has 0 saturated heterocycles. The van der Waals surface area contributed by atoms with Crippen molar-refractivity contribution >= 4 is 11.9 Å². The second-order valence-electron chi connectivity index (χ2n) is 17.2. The maximum absolute atomic E-state index is 13.1. The third kappa shape index (κ3) is 40.8. The highest BCUT2D eigenvalue weighted by atomic mass is 16.5. The van der Waals surface area contributed by atoms with Gasteiger partial charge in [0.05, 0.1) is 25.2 Å². The van der Waals surface area contributed by atoms with Gasteiger partial charge in [-0.15, -0.1) is 0 Å². The van der Waals surface area contributed by atoms with Crippen molar-refractivity contribution in [1.82, 2.24) is 5.32 Å². The fraction of sp³-hybridized carbons (Fsp3) is 0.846. The molecule has 0 aliphatic carbocycles. The first kappa shape index (κ1) is 56.1. The fourth-order valence-electron chi connectivity index (χ4n) is 7.59. The van der Waals surface area contributed by atoms with E-state index in [-0.39, 0.29) is 24.9 Å². The summed E-state index contributed by atoms with van der Waals surface area (Å²) in [5.41, 5.74) is 0. The second kappa shape index (κ2) is 46.2.